The fourth-order valence-electron chi connectivity index (χ4n) is 4.02. The van der Waals surface area contributed by atoms with E-state index in [0.29, 0.717) is 22.8 Å². The highest BCUT2D eigenvalue weighted by atomic mass is 35.5. The summed E-state index contributed by atoms with van der Waals surface area (Å²) in [5.41, 5.74) is 4.01. The molecule has 8 nitrogen and oxygen atoms in total. The lowest BCUT2D eigenvalue weighted by Crippen LogP contribution is -2.46. The molecular weight excluding hydrogens is 440 g/mol. The Morgan fingerprint density at radius 3 is 2.73 bits per heavy atom. The van der Waals surface area contributed by atoms with Crippen LogP contribution in [0.15, 0.2) is 36.4 Å². The molecule has 1 fully saturated rings. The number of carbonyl (C=O) groups excluding carboxylic acids is 1. The topological polar surface area (TPSA) is 85.2 Å². The number of benzene rings is 2. The van der Waals surface area contributed by atoms with Gasteiger partial charge < -0.3 is 10.1 Å². The summed E-state index contributed by atoms with van der Waals surface area (Å²) in [4.78, 5) is 15.5. The summed E-state index contributed by atoms with van der Waals surface area (Å²) in [5, 5.41) is 15.8. The molecule has 2 aromatic carbocycles. The minimum Gasteiger partial charge on any atom is -0.379 e. The quantitative estimate of drug-likeness (QED) is 0.572. The molecular formula is C24H29ClN6O2. The van der Waals surface area contributed by atoms with Crippen LogP contribution in [0.5, 0.6) is 0 Å². The van der Waals surface area contributed by atoms with Gasteiger partial charge in [0, 0.05) is 48.2 Å². The van der Waals surface area contributed by atoms with E-state index >= 15 is 0 Å². The molecule has 1 aromatic heterocycles. The van der Waals surface area contributed by atoms with E-state index in [-0.39, 0.29) is 11.9 Å². The van der Waals surface area contributed by atoms with Crippen molar-refractivity contribution in [1.82, 2.24) is 30.4 Å². The lowest BCUT2D eigenvalue weighted by atomic mass is 10.00. The van der Waals surface area contributed by atoms with Gasteiger partial charge in [-0.1, -0.05) is 30.7 Å². The summed E-state index contributed by atoms with van der Waals surface area (Å²) in [6.45, 7) is 10.0. The number of hydrogen-bond donors (Lipinski definition) is 1. The molecule has 9 heteroatoms. The highest BCUT2D eigenvalue weighted by molar-refractivity contribution is 6.33. The van der Waals surface area contributed by atoms with Crippen LogP contribution in [0.2, 0.25) is 5.02 Å². The summed E-state index contributed by atoms with van der Waals surface area (Å²) in [5.74, 6) is 0.572. The average molecular weight is 469 g/mol. The summed E-state index contributed by atoms with van der Waals surface area (Å²) in [6, 6.07) is 11.5. The molecule has 1 atom stereocenters. The van der Waals surface area contributed by atoms with Crippen LogP contribution in [0.4, 0.5) is 0 Å². The smallest absolute Gasteiger partial charge is 0.251 e. The van der Waals surface area contributed by atoms with Gasteiger partial charge in [-0.2, -0.15) is 4.68 Å². The first-order chi connectivity index (χ1) is 15.9. The van der Waals surface area contributed by atoms with Gasteiger partial charge in [0.05, 0.1) is 18.9 Å². The second kappa shape index (κ2) is 10.4. The van der Waals surface area contributed by atoms with Crippen LogP contribution >= 0.6 is 11.6 Å². The number of aryl methyl sites for hydroxylation is 2. The lowest BCUT2D eigenvalue weighted by Gasteiger charge is -2.29. The van der Waals surface area contributed by atoms with Crippen LogP contribution in [0.25, 0.3) is 16.8 Å². The largest absolute Gasteiger partial charge is 0.379 e. The van der Waals surface area contributed by atoms with Gasteiger partial charge in [0.2, 0.25) is 0 Å². The second-order valence-corrected chi connectivity index (χ2v) is 8.81. The zero-order valence-electron chi connectivity index (χ0n) is 19.2. The number of amides is 1. The molecule has 0 unspecified atom stereocenters. The molecule has 1 amide bonds. The Kier molecular flexibility index (Phi) is 7.37. The molecule has 0 aliphatic carbocycles. The molecule has 0 radical (unpaired) electrons. The third-order valence-corrected chi connectivity index (χ3v) is 6.04. The van der Waals surface area contributed by atoms with Gasteiger partial charge in [0.15, 0.2) is 5.82 Å². The van der Waals surface area contributed by atoms with E-state index < -0.39 is 0 Å². The predicted octanol–water partition coefficient (Wildman–Crippen LogP) is 3.30. The van der Waals surface area contributed by atoms with Crippen molar-refractivity contribution in [1.29, 1.82) is 0 Å². The Labute approximate surface area is 198 Å². The Morgan fingerprint density at radius 1 is 1.21 bits per heavy atom. The van der Waals surface area contributed by atoms with Crippen molar-refractivity contribution >= 4 is 17.5 Å². The van der Waals surface area contributed by atoms with Crippen molar-refractivity contribution in [3.05, 3.63) is 58.4 Å². The normalized spacial score (nSPS) is 15.4. The number of nitrogens with one attached hydrogen (secondary N) is 1. The van der Waals surface area contributed by atoms with Crippen LogP contribution in [0.3, 0.4) is 0 Å². The summed E-state index contributed by atoms with van der Waals surface area (Å²) in [7, 11) is 0. The van der Waals surface area contributed by atoms with Crippen molar-refractivity contribution in [2.45, 2.75) is 33.2 Å². The number of aromatic nitrogens is 4. The fourth-order valence-corrected chi connectivity index (χ4v) is 4.37. The van der Waals surface area contributed by atoms with Crippen LogP contribution in [0, 0.1) is 6.92 Å². The molecule has 1 N–H and O–H groups in total. The van der Waals surface area contributed by atoms with Crippen molar-refractivity contribution < 1.29 is 9.53 Å². The maximum atomic E-state index is 13.2. The number of rotatable bonds is 7. The molecule has 1 aliphatic heterocycles. The standard InChI is InChI=1S/C24H29ClN6O2/c1-4-23-27-28-29-31(23)20-13-18(21-6-5-16(2)11-22(21)25)12-19(14-20)24(32)26-17(3)15-30-7-9-33-10-8-30/h5-6,11-14,17H,4,7-10,15H2,1-3H3,(H,26,32)/t17-/m0/s1. The van der Waals surface area contributed by atoms with Crippen LogP contribution in [-0.2, 0) is 11.2 Å². The summed E-state index contributed by atoms with van der Waals surface area (Å²) < 4.78 is 7.08. The molecule has 0 bridgehead atoms. The van der Waals surface area contributed by atoms with E-state index in [1.54, 1.807) is 4.68 Å². The fraction of sp³-hybridized carbons (Fsp3) is 0.417. The SMILES string of the molecule is CCc1nnnn1-c1cc(C(=O)N[C@@H](C)CN2CCOCC2)cc(-c2ccc(C)cc2Cl)c1. The first kappa shape index (κ1) is 23.4. The number of halogens is 1. The maximum absolute atomic E-state index is 13.2. The molecule has 3 aromatic rings. The van der Waals surface area contributed by atoms with Crippen molar-refractivity contribution in [3.63, 3.8) is 0 Å². The van der Waals surface area contributed by atoms with E-state index in [1.807, 2.05) is 57.2 Å². The maximum Gasteiger partial charge on any atom is 0.251 e. The van der Waals surface area contributed by atoms with E-state index in [9.17, 15) is 4.79 Å². The highest BCUT2D eigenvalue weighted by Crippen LogP contribution is 2.31. The minimum absolute atomic E-state index is 0.00934. The zero-order valence-corrected chi connectivity index (χ0v) is 20.0. The van der Waals surface area contributed by atoms with E-state index in [0.717, 1.165) is 55.2 Å². The number of hydrogen-bond acceptors (Lipinski definition) is 6. The van der Waals surface area contributed by atoms with Crippen LogP contribution in [-0.4, -0.2) is 69.9 Å². The summed E-state index contributed by atoms with van der Waals surface area (Å²) in [6.07, 6.45) is 0.667. The molecule has 4 rings (SSSR count). The Hall–Kier alpha value is -2.81. The Bertz CT molecular complexity index is 1130. The van der Waals surface area contributed by atoms with Crippen molar-refractivity contribution in [3.8, 4) is 16.8 Å². The van der Waals surface area contributed by atoms with Gasteiger partial charge in [-0.3, -0.25) is 9.69 Å². The van der Waals surface area contributed by atoms with E-state index in [1.165, 1.54) is 0 Å². The molecule has 0 spiro atoms. The van der Waals surface area contributed by atoms with Gasteiger partial charge in [0.1, 0.15) is 0 Å². The average Bonchev–Trinajstić information content (AvgIpc) is 3.28. The second-order valence-electron chi connectivity index (χ2n) is 8.40. The van der Waals surface area contributed by atoms with Gasteiger partial charge in [-0.15, -0.1) is 5.10 Å². The first-order valence-corrected chi connectivity index (χ1v) is 11.6. The highest BCUT2D eigenvalue weighted by Gasteiger charge is 2.19. The zero-order chi connectivity index (χ0) is 23.4. The molecule has 2 heterocycles. The monoisotopic (exact) mass is 468 g/mol. The van der Waals surface area contributed by atoms with Crippen LogP contribution < -0.4 is 5.32 Å². The molecule has 0 saturated carbocycles. The molecule has 174 valence electrons. The Balaban J connectivity index is 1.66. The summed E-state index contributed by atoms with van der Waals surface area (Å²) >= 11 is 6.56. The van der Waals surface area contributed by atoms with Gasteiger partial charge in [-0.25, -0.2) is 0 Å². The number of nitrogens with zero attached hydrogens (tertiary/aromatic N) is 5. The van der Waals surface area contributed by atoms with E-state index in [4.69, 9.17) is 16.3 Å². The van der Waals surface area contributed by atoms with Crippen molar-refractivity contribution in [2.75, 3.05) is 32.8 Å². The third kappa shape index (κ3) is 5.58. The number of ether oxygens (including phenoxy) is 1. The molecule has 33 heavy (non-hydrogen) atoms. The lowest BCUT2D eigenvalue weighted by molar-refractivity contribution is 0.0342. The van der Waals surface area contributed by atoms with Gasteiger partial charge in [-0.05, 0) is 59.7 Å². The van der Waals surface area contributed by atoms with Crippen LogP contribution in [0.1, 0.15) is 35.6 Å². The van der Waals surface area contributed by atoms with Gasteiger partial charge in [0.25, 0.3) is 5.91 Å². The number of tetrazole rings is 1. The molecule has 1 saturated heterocycles. The Morgan fingerprint density at radius 2 is 2.00 bits per heavy atom. The van der Waals surface area contributed by atoms with Gasteiger partial charge >= 0.3 is 0 Å². The number of morpholine rings is 1. The number of carbonyl (C=O) groups is 1. The van der Waals surface area contributed by atoms with Crippen molar-refractivity contribution in [2.24, 2.45) is 0 Å². The van der Waals surface area contributed by atoms with E-state index in [2.05, 4.69) is 25.7 Å². The minimum atomic E-state index is -0.145. The predicted molar refractivity (Wildman–Crippen MR) is 128 cm³/mol. The first-order valence-electron chi connectivity index (χ1n) is 11.2. The third-order valence-electron chi connectivity index (χ3n) is 5.72. The molecule has 1 aliphatic rings.